The molecule has 2 heterocycles. The number of nitrogens with zero attached hydrogens (tertiary/aromatic N) is 2. The van der Waals surface area contributed by atoms with Gasteiger partial charge in [0.2, 0.25) is 0 Å². The van der Waals surface area contributed by atoms with E-state index in [9.17, 15) is 14.4 Å². The summed E-state index contributed by atoms with van der Waals surface area (Å²) < 4.78 is 1.12. The zero-order valence-electron chi connectivity index (χ0n) is 11.0. The lowest BCUT2D eigenvalue weighted by atomic mass is 10.1. The summed E-state index contributed by atoms with van der Waals surface area (Å²) in [7, 11) is 0. The molecule has 0 N–H and O–H groups in total. The van der Waals surface area contributed by atoms with Gasteiger partial charge in [0.15, 0.2) is 17.6 Å². The Bertz CT molecular complexity index is 700. The summed E-state index contributed by atoms with van der Waals surface area (Å²) in [6.07, 6.45) is 2.11. The first-order valence-electron chi connectivity index (χ1n) is 5.96. The minimum absolute atomic E-state index is 0.337. The van der Waals surface area contributed by atoms with Crippen molar-refractivity contribution >= 4 is 33.1 Å². The number of rotatable bonds is 4. The molecule has 0 spiro atoms. The summed E-state index contributed by atoms with van der Waals surface area (Å²) in [5.74, 6) is -0.719. The maximum absolute atomic E-state index is 12.3. The van der Waals surface area contributed by atoms with E-state index in [1.165, 1.54) is 31.5 Å². The molecule has 0 aliphatic heterocycles. The minimum atomic E-state index is -1.07. The summed E-state index contributed by atoms with van der Waals surface area (Å²) in [6, 6.07) is 0.706. The molecule has 2 rings (SSSR count). The number of hydrogen-bond donors (Lipinski definition) is 0. The zero-order chi connectivity index (χ0) is 14.2. The van der Waals surface area contributed by atoms with Gasteiger partial charge in [-0.05, 0) is 26.3 Å². The Hall–Kier alpha value is -1.82. The monoisotopic (exact) mass is 278 g/mol. The molecule has 0 amide bonds. The van der Waals surface area contributed by atoms with Crippen molar-refractivity contribution in [2.24, 2.45) is 0 Å². The molecule has 0 aromatic carbocycles. The Morgan fingerprint density at radius 3 is 2.53 bits per heavy atom. The average Bonchev–Trinajstić information content (AvgIpc) is 2.75. The van der Waals surface area contributed by atoms with Crippen LogP contribution in [0.2, 0.25) is 0 Å². The fourth-order valence-electron chi connectivity index (χ4n) is 2.02. The topological polar surface area (TPSA) is 69.0 Å². The van der Waals surface area contributed by atoms with Crippen molar-refractivity contribution in [2.45, 2.75) is 33.2 Å². The molecule has 0 atom stereocenters. The normalized spacial score (nSPS) is 11.2. The van der Waals surface area contributed by atoms with E-state index in [1.54, 1.807) is 6.07 Å². The molecule has 2 aromatic heterocycles. The van der Waals surface area contributed by atoms with Gasteiger partial charge < -0.3 is 0 Å². The third-order valence-corrected chi connectivity index (χ3v) is 4.11. The molecule has 0 aliphatic rings. The predicted molar refractivity (Wildman–Crippen MR) is 73.7 cm³/mol. The van der Waals surface area contributed by atoms with E-state index in [2.05, 4.69) is 4.98 Å². The van der Waals surface area contributed by atoms with Crippen molar-refractivity contribution in [1.82, 2.24) is 9.55 Å². The van der Waals surface area contributed by atoms with Crippen LogP contribution in [-0.4, -0.2) is 21.1 Å². The van der Waals surface area contributed by atoms with Gasteiger partial charge in [-0.15, -0.1) is 11.3 Å². The van der Waals surface area contributed by atoms with Crippen LogP contribution in [-0.2, 0) is 16.0 Å². The highest BCUT2D eigenvalue weighted by atomic mass is 32.1. The number of aryl methyl sites for hydroxylation is 1. The largest absolute Gasteiger partial charge is 0.297 e. The second-order valence-corrected chi connectivity index (χ2v) is 5.48. The van der Waals surface area contributed by atoms with Crippen LogP contribution in [0.5, 0.6) is 0 Å². The van der Waals surface area contributed by atoms with Crippen LogP contribution in [0.3, 0.4) is 0 Å². The van der Waals surface area contributed by atoms with E-state index in [1.807, 2.05) is 6.92 Å². The number of hydrogen-bond acceptors (Lipinski definition) is 5. The maximum Gasteiger partial charge on any atom is 0.263 e. The van der Waals surface area contributed by atoms with Crippen molar-refractivity contribution in [2.75, 3.05) is 0 Å². The van der Waals surface area contributed by atoms with Crippen molar-refractivity contribution in [3.63, 3.8) is 0 Å². The third-order valence-electron chi connectivity index (χ3n) is 2.92. The summed E-state index contributed by atoms with van der Waals surface area (Å²) >= 11 is 1.45. The first-order valence-corrected chi connectivity index (χ1v) is 6.77. The molecule has 19 heavy (non-hydrogen) atoms. The quantitative estimate of drug-likeness (QED) is 0.799. The Balaban J connectivity index is 2.68. The van der Waals surface area contributed by atoms with E-state index in [0.717, 1.165) is 15.9 Å². The molecule has 0 saturated heterocycles. The Labute approximate surface area is 113 Å². The van der Waals surface area contributed by atoms with Crippen LogP contribution in [0.25, 0.3) is 10.2 Å². The molecular formula is C13H14N2O3S. The van der Waals surface area contributed by atoms with Gasteiger partial charge in [-0.25, -0.2) is 4.98 Å². The van der Waals surface area contributed by atoms with E-state index in [-0.39, 0.29) is 17.1 Å². The van der Waals surface area contributed by atoms with Crippen LogP contribution >= 0.6 is 11.3 Å². The second-order valence-electron chi connectivity index (χ2n) is 4.37. The molecule has 0 aliphatic carbocycles. The highest BCUT2D eigenvalue weighted by Gasteiger charge is 2.23. The van der Waals surface area contributed by atoms with Crippen molar-refractivity contribution in [3.8, 4) is 0 Å². The van der Waals surface area contributed by atoms with Crippen molar-refractivity contribution in [1.29, 1.82) is 0 Å². The number of fused-ring (bicyclic) bond motifs is 1. The molecule has 100 valence electrons. The summed E-state index contributed by atoms with van der Waals surface area (Å²) in [4.78, 5) is 41.3. The smallest absolute Gasteiger partial charge is 0.263 e. The number of ketones is 2. The SMILES string of the molecule is CCc1cc2c(=O)n(C(C(C)=O)C(C)=O)cnc2s1. The summed E-state index contributed by atoms with van der Waals surface area (Å²) in [5, 5.41) is 0.469. The maximum atomic E-state index is 12.3. The second kappa shape index (κ2) is 5.05. The van der Waals surface area contributed by atoms with E-state index in [4.69, 9.17) is 0 Å². The highest BCUT2D eigenvalue weighted by molar-refractivity contribution is 7.18. The number of carbonyl (C=O) groups excluding carboxylic acids is 2. The number of Topliss-reactive ketones (excluding diaryl/α,β-unsaturated/α-hetero) is 2. The number of thiophene rings is 1. The molecule has 6 heteroatoms. The Kier molecular flexibility index (Phi) is 3.61. The molecule has 0 bridgehead atoms. The van der Waals surface area contributed by atoms with Crippen LogP contribution in [0, 0.1) is 0 Å². The van der Waals surface area contributed by atoms with Gasteiger partial charge in [0, 0.05) is 4.88 Å². The lowest BCUT2D eigenvalue weighted by Crippen LogP contribution is -2.33. The summed E-state index contributed by atoms with van der Waals surface area (Å²) in [6.45, 7) is 4.60. The molecule has 0 unspecified atom stereocenters. The highest BCUT2D eigenvalue weighted by Crippen LogP contribution is 2.21. The van der Waals surface area contributed by atoms with Gasteiger partial charge in [0.1, 0.15) is 11.2 Å². The standard InChI is InChI=1S/C13H14N2O3S/c1-4-9-5-10-12(19-9)14-6-15(13(10)18)11(7(2)16)8(3)17/h5-6,11H,4H2,1-3H3. The van der Waals surface area contributed by atoms with Gasteiger partial charge in [-0.1, -0.05) is 6.92 Å². The summed E-state index contributed by atoms with van der Waals surface area (Å²) in [5.41, 5.74) is -0.337. The van der Waals surface area contributed by atoms with E-state index >= 15 is 0 Å². The van der Waals surface area contributed by atoms with Gasteiger partial charge in [0.25, 0.3) is 5.56 Å². The predicted octanol–water partition coefficient (Wildman–Crippen LogP) is 1.74. The van der Waals surface area contributed by atoms with E-state index in [0.29, 0.717) is 10.2 Å². The fraction of sp³-hybridized carbons (Fsp3) is 0.385. The third kappa shape index (κ3) is 2.35. The van der Waals surface area contributed by atoms with Gasteiger partial charge in [0.05, 0.1) is 5.39 Å². The molecule has 0 saturated carbocycles. The Morgan fingerprint density at radius 1 is 1.37 bits per heavy atom. The number of aromatic nitrogens is 2. The van der Waals surface area contributed by atoms with Crippen molar-refractivity contribution < 1.29 is 9.59 Å². The van der Waals surface area contributed by atoms with Gasteiger partial charge in [-0.2, -0.15) is 0 Å². The minimum Gasteiger partial charge on any atom is -0.297 e. The van der Waals surface area contributed by atoms with Crippen molar-refractivity contribution in [3.05, 3.63) is 27.6 Å². The lowest BCUT2D eigenvalue weighted by Gasteiger charge is -2.12. The molecule has 2 aromatic rings. The Morgan fingerprint density at radius 2 is 2.00 bits per heavy atom. The van der Waals surface area contributed by atoms with Gasteiger partial charge in [-0.3, -0.25) is 19.0 Å². The van der Waals surface area contributed by atoms with Crippen LogP contribution in [0.4, 0.5) is 0 Å². The fourth-order valence-corrected chi connectivity index (χ4v) is 2.95. The average molecular weight is 278 g/mol. The van der Waals surface area contributed by atoms with Gasteiger partial charge >= 0.3 is 0 Å². The van der Waals surface area contributed by atoms with E-state index < -0.39 is 6.04 Å². The zero-order valence-corrected chi connectivity index (χ0v) is 11.8. The van der Waals surface area contributed by atoms with Crippen LogP contribution in [0.15, 0.2) is 17.2 Å². The molecule has 5 nitrogen and oxygen atoms in total. The number of carbonyl (C=O) groups is 2. The molecule has 0 fully saturated rings. The molecular weight excluding hydrogens is 264 g/mol. The lowest BCUT2D eigenvalue weighted by molar-refractivity contribution is -0.129. The molecule has 0 radical (unpaired) electrons. The first-order chi connectivity index (χ1) is 8.95. The first kappa shape index (κ1) is 13.6. The van der Waals surface area contributed by atoms with Crippen LogP contribution in [0.1, 0.15) is 31.7 Å². The van der Waals surface area contributed by atoms with Crippen LogP contribution < -0.4 is 5.56 Å².